The largest absolute Gasteiger partial charge is 0.496 e. The second-order valence-electron chi connectivity index (χ2n) is 8.86. The Bertz CT molecular complexity index is 1000. The van der Waals surface area contributed by atoms with Gasteiger partial charge >= 0.3 is 5.97 Å². The molecule has 7 nitrogen and oxygen atoms in total. The van der Waals surface area contributed by atoms with Crippen LogP contribution < -0.4 is 18.9 Å². The highest BCUT2D eigenvalue weighted by molar-refractivity contribution is 6.12. The molecule has 0 saturated heterocycles. The fourth-order valence-corrected chi connectivity index (χ4v) is 4.32. The molecular formula is C29H43NO6. The van der Waals surface area contributed by atoms with Gasteiger partial charge in [0.1, 0.15) is 23.0 Å². The standard InChI is InChI=1S/C29H43NO6/c1-7-9-11-12-13-14-15-17-26(31)36-30-22(16-10-8-2)21-20-25(34-5)27-23(32-3)18-19-24(33-4)28(27)29(21)35-6/h18-20H,7-17H2,1-6H3. The number of hydrogen-bond donors (Lipinski definition) is 0. The van der Waals surface area contributed by atoms with Gasteiger partial charge in [-0.15, -0.1) is 0 Å². The first-order valence-corrected chi connectivity index (χ1v) is 13.1. The molecule has 2 rings (SSSR count). The fraction of sp³-hybridized carbons (Fsp3) is 0.586. The maximum Gasteiger partial charge on any atom is 0.335 e. The van der Waals surface area contributed by atoms with Crippen LogP contribution in [0.2, 0.25) is 0 Å². The summed E-state index contributed by atoms with van der Waals surface area (Å²) >= 11 is 0. The van der Waals surface area contributed by atoms with Gasteiger partial charge in [0.15, 0.2) is 0 Å². The molecule has 0 aliphatic rings. The van der Waals surface area contributed by atoms with Crippen molar-refractivity contribution in [3.05, 3.63) is 23.8 Å². The van der Waals surface area contributed by atoms with Crippen molar-refractivity contribution < 1.29 is 28.6 Å². The summed E-state index contributed by atoms with van der Waals surface area (Å²) in [5.41, 5.74) is 1.33. The third-order valence-electron chi connectivity index (χ3n) is 6.31. The van der Waals surface area contributed by atoms with Gasteiger partial charge in [0.05, 0.1) is 44.9 Å². The zero-order valence-electron chi connectivity index (χ0n) is 22.9. The van der Waals surface area contributed by atoms with Crippen LogP contribution >= 0.6 is 0 Å². The molecule has 0 fully saturated rings. The highest BCUT2D eigenvalue weighted by atomic mass is 16.7. The first kappa shape index (κ1) is 29.3. The minimum absolute atomic E-state index is 0.316. The topological polar surface area (TPSA) is 75.6 Å². The summed E-state index contributed by atoms with van der Waals surface area (Å²) in [5, 5.41) is 5.78. The quantitative estimate of drug-likeness (QED) is 0.0969. The molecule has 0 aromatic heterocycles. The maximum absolute atomic E-state index is 12.4. The Morgan fingerprint density at radius 2 is 1.28 bits per heavy atom. The average Bonchev–Trinajstić information content (AvgIpc) is 2.91. The lowest BCUT2D eigenvalue weighted by Crippen LogP contribution is -2.09. The van der Waals surface area contributed by atoms with Crippen LogP contribution in [0.15, 0.2) is 23.4 Å². The van der Waals surface area contributed by atoms with Gasteiger partial charge in [-0.05, 0) is 37.5 Å². The monoisotopic (exact) mass is 501 g/mol. The summed E-state index contributed by atoms with van der Waals surface area (Å²) in [7, 11) is 6.43. The predicted octanol–water partition coefficient (Wildman–Crippen LogP) is 7.45. The Hall–Kier alpha value is -2.96. The number of carbonyl (C=O) groups excluding carboxylic acids is 1. The van der Waals surface area contributed by atoms with Crippen molar-refractivity contribution in [1.82, 2.24) is 0 Å². The molecule has 2 aromatic rings. The molecule has 0 N–H and O–H groups in total. The van der Waals surface area contributed by atoms with Crippen LogP contribution in [0.25, 0.3) is 10.8 Å². The lowest BCUT2D eigenvalue weighted by molar-refractivity contribution is -0.143. The molecule has 36 heavy (non-hydrogen) atoms. The van der Waals surface area contributed by atoms with Crippen LogP contribution in [0.3, 0.4) is 0 Å². The molecule has 0 unspecified atom stereocenters. The van der Waals surface area contributed by atoms with Crippen LogP contribution in [-0.4, -0.2) is 40.1 Å². The number of hydrogen-bond acceptors (Lipinski definition) is 7. The van der Waals surface area contributed by atoms with Crippen LogP contribution in [-0.2, 0) is 9.63 Å². The Kier molecular flexibility index (Phi) is 12.9. The molecule has 2 aromatic carbocycles. The van der Waals surface area contributed by atoms with Gasteiger partial charge in [-0.3, -0.25) is 0 Å². The number of rotatable bonds is 17. The van der Waals surface area contributed by atoms with E-state index in [1.54, 1.807) is 28.4 Å². The zero-order chi connectivity index (χ0) is 26.3. The van der Waals surface area contributed by atoms with Crippen molar-refractivity contribution in [2.75, 3.05) is 28.4 Å². The molecule has 0 aliphatic heterocycles. The Morgan fingerprint density at radius 3 is 1.86 bits per heavy atom. The highest BCUT2D eigenvalue weighted by Crippen LogP contribution is 2.46. The molecule has 0 radical (unpaired) electrons. The highest BCUT2D eigenvalue weighted by Gasteiger charge is 2.23. The van der Waals surface area contributed by atoms with Crippen molar-refractivity contribution in [2.24, 2.45) is 5.16 Å². The molecule has 0 bridgehead atoms. The van der Waals surface area contributed by atoms with E-state index in [1.807, 2.05) is 18.2 Å². The van der Waals surface area contributed by atoms with Crippen molar-refractivity contribution in [3.63, 3.8) is 0 Å². The number of ether oxygens (including phenoxy) is 4. The molecule has 200 valence electrons. The number of unbranched alkanes of at least 4 members (excludes halogenated alkanes) is 7. The van der Waals surface area contributed by atoms with Gasteiger partial charge < -0.3 is 23.8 Å². The van der Waals surface area contributed by atoms with Gasteiger partial charge in [0, 0.05) is 12.0 Å². The minimum Gasteiger partial charge on any atom is -0.496 e. The van der Waals surface area contributed by atoms with Crippen LogP contribution in [0.1, 0.15) is 90.0 Å². The van der Waals surface area contributed by atoms with Crippen LogP contribution in [0.4, 0.5) is 0 Å². The molecule has 0 heterocycles. The normalized spacial score (nSPS) is 11.4. The number of carbonyl (C=O) groups is 1. The van der Waals surface area contributed by atoms with E-state index in [0.29, 0.717) is 52.5 Å². The van der Waals surface area contributed by atoms with E-state index in [0.717, 1.165) is 37.5 Å². The van der Waals surface area contributed by atoms with Crippen molar-refractivity contribution in [2.45, 2.75) is 84.5 Å². The first-order valence-electron chi connectivity index (χ1n) is 13.1. The molecule has 0 spiro atoms. The van der Waals surface area contributed by atoms with E-state index in [9.17, 15) is 4.79 Å². The van der Waals surface area contributed by atoms with Gasteiger partial charge in [-0.25, -0.2) is 4.79 Å². The molecule has 0 atom stereocenters. The molecule has 0 amide bonds. The number of methoxy groups -OCH3 is 4. The van der Waals surface area contributed by atoms with Gasteiger partial charge in [-0.1, -0.05) is 63.9 Å². The third kappa shape index (κ3) is 7.77. The zero-order valence-corrected chi connectivity index (χ0v) is 22.9. The minimum atomic E-state index is -0.316. The Labute approximate surface area is 216 Å². The van der Waals surface area contributed by atoms with Crippen molar-refractivity contribution in [1.29, 1.82) is 0 Å². The Balaban J connectivity index is 2.36. The fourth-order valence-electron chi connectivity index (χ4n) is 4.32. The summed E-state index contributed by atoms with van der Waals surface area (Å²) in [5.74, 6) is 2.10. The summed E-state index contributed by atoms with van der Waals surface area (Å²) in [6.45, 7) is 4.32. The lowest BCUT2D eigenvalue weighted by Gasteiger charge is -2.19. The number of fused-ring (bicyclic) bond motifs is 1. The summed E-state index contributed by atoms with van der Waals surface area (Å²) in [6.07, 6.45) is 10.8. The van der Waals surface area contributed by atoms with Crippen LogP contribution in [0.5, 0.6) is 23.0 Å². The van der Waals surface area contributed by atoms with Gasteiger partial charge in [-0.2, -0.15) is 0 Å². The number of nitrogens with zero attached hydrogens (tertiary/aromatic N) is 1. The van der Waals surface area contributed by atoms with E-state index in [4.69, 9.17) is 23.8 Å². The van der Waals surface area contributed by atoms with E-state index in [-0.39, 0.29) is 5.97 Å². The predicted molar refractivity (Wildman–Crippen MR) is 145 cm³/mol. The van der Waals surface area contributed by atoms with Gasteiger partial charge in [0.2, 0.25) is 0 Å². The number of benzene rings is 2. The average molecular weight is 502 g/mol. The summed E-state index contributed by atoms with van der Waals surface area (Å²) in [6, 6.07) is 5.53. The SMILES string of the molecule is CCCCCCCCCC(=O)ON=C(CCCC)c1cc(OC)c2c(OC)ccc(OC)c2c1OC. The summed E-state index contributed by atoms with van der Waals surface area (Å²) < 4.78 is 22.9. The van der Waals surface area contributed by atoms with Crippen LogP contribution in [0, 0.1) is 0 Å². The van der Waals surface area contributed by atoms with Crippen molar-refractivity contribution >= 4 is 22.5 Å². The first-order chi connectivity index (χ1) is 17.6. The lowest BCUT2D eigenvalue weighted by atomic mass is 9.97. The smallest absolute Gasteiger partial charge is 0.335 e. The second-order valence-corrected chi connectivity index (χ2v) is 8.86. The molecule has 0 saturated carbocycles. The van der Waals surface area contributed by atoms with Crippen molar-refractivity contribution in [3.8, 4) is 23.0 Å². The summed E-state index contributed by atoms with van der Waals surface area (Å²) in [4.78, 5) is 17.8. The maximum atomic E-state index is 12.4. The molecular weight excluding hydrogens is 458 g/mol. The third-order valence-corrected chi connectivity index (χ3v) is 6.31. The van der Waals surface area contributed by atoms with E-state index < -0.39 is 0 Å². The van der Waals surface area contributed by atoms with E-state index in [2.05, 4.69) is 19.0 Å². The van der Waals surface area contributed by atoms with Gasteiger partial charge in [0.25, 0.3) is 0 Å². The van der Waals surface area contributed by atoms with E-state index in [1.165, 1.54) is 25.7 Å². The Morgan fingerprint density at radius 1 is 0.694 bits per heavy atom. The number of oxime groups is 1. The van der Waals surface area contributed by atoms with E-state index >= 15 is 0 Å². The second kappa shape index (κ2) is 15.9. The molecule has 7 heteroatoms. The molecule has 0 aliphatic carbocycles.